The number of esters is 1. The molecule has 3 heterocycles. The van der Waals surface area contributed by atoms with E-state index in [1.807, 2.05) is 55.5 Å². The van der Waals surface area contributed by atoms with Gasteiger partial charge in [0.1, 0.15) is 11.4 Å². The van der Waals surface area contributed by atoms with Crippen LogP contribution in [0, 0.1) is 6.92 Å². The van der Waals surface area contributed by atoms with Crippen molar-refractivity contribution < 1.29 is 9.53 Å². The van der Waals surface area contributed by atoms with E-state index in [9.17, 15) is 4.79 Å². The van der Waals surface area contributed by atoms with E-state index in [-0.39, 0.29) is 5.69 Å². The van der Waals surface area contributed by atoms with Gasteiger partial charge in [-0.05, 0) is 36.8 Å². The lowest BCUT2D eigenvalue weighted by Gasteiger charge is -2.07. The Morgan fingerprint density at radius 3 is 2.66 bits per heavy atom. The van der Waals surface area contributed by atoms with Crippen LogP contribution in [0.4, 0.5) is 0 Å². The van der Waals surface area contributed by atoms with E-state index in [1.54, 1.807) is 6.07 Å². The fraction of sp³-hybridized carbons (Fsp3) is 0.0870. The monoisotopic (exact) mass is 401 g/mol. The number of aromatic amines is 1. The highest BCUT2D eigenvalue weighted by atomic mass is 35.5. The smallest absolute Gasteiger partial charge is 0.356 e. The number of nitrogens with zero attached hydrogens (tertiary/aromatic N) is 2. The van der Waals surface area contributed by atoms with Gasteiger partial charge in [0.25, 0.3) is 0 Å². The van der Waals surface area contributed by atoms with E-state index in [2.05, 4.69) is 9.97 Å². The summed E-state index contributed by atoms with van der Waals surface area (Å²) in [5.74, 6) is -0.487. The normalized spacial score (nSPS) is 11.4. The number of carbonyl (C=O) groups is 1. The van der Waals surface area contributed by atoms with Crippen molar-refractivity contribution in [3.63, 3.8) is 0 Å². The molecule has 0 aliphatic carbocycles. The Labute approximate surface area is 171 Å². The molecule has 6 heteroatoms. The predicted octanol–water partition coefficient (Wildman–Crippen LogP) is 5.68. The van der Waals surface area contributed by atoms with Gasteiger partial charge in [0, 0.05) is 26.7 Å². The van der Waals surface area contributed by atoms with Crippen molar-refractivity contribution in [1.29, 1.82) is 0 Å². The van der Waals surface area contributed by atoms with Gasteiger partial charge >= 0.3 is 5.97 Å². The minimum atomic E-state index is -0.487. The van der Waals surface area contributed by atoms with Crippen LogP contribution in [0.5, 0.6) is 0 Å². The fourth-order valence-electron chi connectivity index (χ4n) is 3.68. The van der Waals surface area contributed by atoms with E-state index >= 15 is 0 Å². The van der Waals surface area contributed by atoms with Gasteiger partial charge in [0.2, 0.25) is 0 Å². The van der Waals surface area contributed by atoms with E-state index in [0.717, 1.165) is 38.3 Å². The molecule has 142 valence electrons. The maximum atomic E-state index is 12.3. The third-order valence-corrected chi connectivity index (χ3v) is 5.36. The van der Waals surface area contributed by atoms with Crippen molar-refractivity contribution in [2.75, 3.05) is 7.11 Å². The van der Waals surface area contributed by atoms with Crippen molar-refractivity contribution in [2.45, 2.75) is 6.92 Å². The number of H-pyrrole nitrogens is 1. The van der Waals surface area contributed by atoms with E-state index in [0.29, 0.717) is 16.4 Å². The molecule has 5 rings (SSSR count). The van der Waals surface area contributed by atoms with Crippen LogP contribution >= 0.6 is 11.6 Å². The van der Waals surface area contributed by atoms with Crippen LogP contribution in [0.2, 0.25) is 5.02 Å². The van der Waals surface area contributed by atoms with Crippen LogP contribution in [0.1, 0.15) is 16.1 Å². The first-order valence-corrected chi connectivity index (χ1v) is 9.50. The Hall–Kier alpha value is -3.44. The number of ether oxygens (including phenoxy) is 1. The van der Waals surface area contributed by atoms with E-state index in [1.165, 1.54) is 7.11 Å². The Bertz CT molecular complexity index is 1440. The number of methoxy groups -OCH3 is 1. The second-order valence-corrected chi connectivity index (χ2v) is 7.36. The highest BCUT2D eigenvalue weighted by Gasteiger charge is 2.18. The van der Waals surface area contributed by atoms with Crippen LogP contribution in [0.15, 0.2) is 54.6 Å². The lowest BCUT2D eigenvalue weighted by molar-refractivity contribution is 0.0594. The molecule has 0 bridgehead atoms. The number of para-hydroxylation sites is 1. The molecule has 0 aliphatic rings. The van der Waals surface area contributed by atoms with Crippen molar-refractivity contribution >= 4 is 50.3 Å². The summed E-state index contributed by atoms with van der Waals surface area (Å²) in [5.41, 5.74) is 5.21. The number of halogens is 1. The molecule has 0 fully saturated rings. The number of benzene rings is 2. The summed E-state index contributed by atoms with van der Waals surface area (Å²) >= 11 is 6.15. The van der Waals surface area contributed by atoms with Gasteiger partial charge < -0.3 is 9.72 Å². The largest absolute Gasteiger partial charge is 0.464 e. The summed E-state index contributed by atoms with van der Waals surface area (Å²) in [6.07, 6.45) is 0. The number of nitrogens with one attached hydrogen (secondary N) is 1. The molecule has 5 nitrogen and oxygen atoms in total. The van der Waals surface area contributed by atoms with Crippen LogP contribution in [0.3, 0.4) is 0 Å². The number of fused-ring (bicyclic) bond motifs is 4. The standard InChI is InChI=1S/C23H16ClN3O2/c1-12-4-3-5-15-16-11-19(23(28)29-2)26-22(21(16)27-20(12)15)17-9-7-13-6-8-14(24)10-18(13)25-17/h3-11,27H,1-2H3. The number of aryl methyl sites for hydroxylation is 1. The van der Waals surface area contributed by atoms with Crippen molar-refractivity contribution in [1.82, 2.24) is 15.0 Å². The number of hydrogen-bond donors (Lipinski definition) is 1. The quantitative estimate of drug-likeness (QED) is 0.386. The summed E-state index contributed by atoms with van der Waals surface area (Å²) < 4.78 is 4.92. The Morgan fingerprint density at radius 2 is 1.83 bits per heavy atom. The first-order valence-electron chi connectivity index (χ1n) is 9.12. The van der Waals surface area contributed by atoms with Gasteiger partial charge in [-0.2, -0.15) is 0 Å². The molecule has 0 atom stereocenters. The number of hydrogen-bond acceptors (Lipinski definition) is 4. The molecule has 0 amide bonds. The van der Waals surface area contributed by atoms with E-state index < -0.39 is 5.97 Å². The molecule has 0 spiro atoms. The lowest BCUT2D eigenvalue weighted by atomic mass is 10.1. The highest BCUT2D eigenvalue weighted by molar-refractivity contribution is 6.31. The van der Waals surface area contributed by atoms with Crippen LogP contribution in [-0.4, -0.2) is 28.0 Å². The molecule has 0 aliphatic heterocycles. The van der Waals surface area contributed by atoms with Gasteiger partial charge in [-0.25, -0.2) is 14.8 Å². The molecule has 0 saturated heterocycles. The number of rotatable bonds is 2. The zero-order chi connectivity index (χ0) is 20.1. The van der Waals surface area contributed by atoms with E-state index in [4.69, 9.17) is 21.3 Å². The third kappa shape index (κ3) is 2.82. The maximum absolute atomic E-state index is 12.3. The average molecular weight is 402 g/mol. The van der Waals surface area contributed by atoms with Crippen molar-refractivity contribution in [3.8, 4) is 11.4 Å². The molecule has 0 radical (unpaired) electrons. The van der Waals surface area contributed by atoms with Gasteiger partial charge in [-0.3, -0.25) is 0 Å². The Morgan fingerprint density at radius 1 is 1.00 bits per heavy atom. The summed E-state index contributed by atoms with van der Waals surface area (Å²) in [7, 11) is 1.35. The Balaban J connectivity index is 1.87. The molecule has 0 unspecified atom stereocenters. The van der Waals surface area contributed by atoms with Crippen molar-refractivity contribution in [2.24, 2.45) is 0 Å². The molecular weight excluding hydrogens is 386 g/mol. The minimum absolute atomic E-state index is 0.241. The number of pyridine rings is 2. The van der Waals surface area contributed by atoms with Gasteiger partial charge in [-0.15, -0.1) is 0 Å². The molecule has 29 heavy (non-hydrogen) atoms. The van der Waals surface area contributed by atoms with Crippen molar-refractivity contribution in [3.05, 3.63) is 70.9 Å². The molecule has 0 saturated carbocycles. The average Bonchev–Trinajstić information content (AvgIpc) is 3.12. The second kappa shape index (κ2) is 6.57. The second-order valence-electron chi connectivity index (χ2n) is 6.93. The van der Waals surface area contributed by atoms with Gasteiger partial charge in [-0.1, -0.05) is 41.9 Å². The highest BCUT2D eigenvalue weighted by Crippen LogP contribution is 2.34. The minimum Gasteiger partial charge on any atom is -0.464 e. The zero-order valence-corrected chi connectivity index (χ0v) is 16.5. The SMILES string of the molecule is COC(=O)c1cc2c([nH]c3c(C)cccc32)c(-c2ccc3ccc(Cl)cc3n2)n1. The summed E-state index contributed by atoms with van der Waals surface area (Å²) in [5, 5.41) is 3.52. The van der Waals surface area contributed by atoms with Gasteiger partial charge in [0.15, 0.2) is 0 Å². The number of aromatic nitrogens is 3. The maximum Gasteiger partial charge on any atom is 0.356 e. The first kappa shape index (κ1) is 17.6. The van der Waals surface area contributed by atoms with Crippen LogP contribution in [0.25, 0.3) is 44.1 Å². The molecule has 3 aromatic heterocycles. The molecule has 1 N–H and O–H groups in total. The lowest BCUT2D eigenvalue weighted by Crippen LogP contribution is -2.05. The fourth-order valence-corrected chi connectivity index (χ4v) is 3.85. The predicted molar refractivity (Wildman–Crippen MR) is 115 cm³/mol. The number of carbonyl (C=O) groups excluding carboxylic acids is 1. The van der Waals surface area contributed by atoms with Gasteiger partial charge in [0.05, 0.1) is 23.8 Å². The van der Waals surface area contributed by atoms with Crippen LogP contribution < -0.4 is 0 Å². The first-order chi connectivity index (χ1) is 14.0. The molecule has 2 aromatic carbocycles. The Kier molecular flexibility index (Phi) is 4.00. The summed E-state index contributed by atoms with van der Waals surface area (Å²) in [6, 6.07) is 17.3. The molecular formula is C23H16ClN3O2. The van der Waals surface area contributed by atoms with Crippen LogP contribution in [-0.2, 0) is 4.74 Å². The molecule has 5 aromatic rings. The zero-order valence-electron chi connectivity index (χ0n) is 15.8. The summed E-state index contributed by atoms with van der Waals surface area (Å²) in [6.45, 7) is 2.04. The summed E-state index contributed by atoms with van der Waals surface area (Å²) in [4.78, 5) is 25.1. The third-order valence-electron chi connectivity index (χ3n) is 5.12. The topological polar surface area (TPSA) is 67.9 Å².